The first kappa shape index (κ1) is 14.2. The van der Waals surface area contributed by atoms with Gasteiger partial charge in [-0.05, 0) is 42.3 Å². The van der Waals surface area contributed by atoms with E-state index in [1.165, 1.54) is 16.3 Å². The van der Waals surface area contributed by atoms with Gasteiger partial charge < -0.3 is 5.32 Å². The van der Waals surface area contributed by atoms with E-state index in [0.29, 0.717) is 0 Å². The van der Waals surface area contributed by atoms with Gasteiger partial charge in [0, 0.05) is 11.1 Å². The van der Waals surface area contributed by atoms with Crippen LogP contribution >= 0.6 is 11.3 Å². The Hall–Kier alpha value is -1.71. The van der Waals surface area contributed by atoms with Gasteiger partial charge in [-0.15, -0.1) is 11.3 Å². The Kier molecular flexibility index (Phi) is 4.32. The highest BCUT2D eigenvalue weighted by atomic mass is 32.1. The molecule has 1 N–H and O–H groups in total. The molecule has 2 nitrogen and oxygen atoms in total. The zero-order valence-electron chi connectivity index (χ0n) is 12.5. The molecule has 0 aliphatic heterocycles. The topological polar surface area (TPSA) is 24.9 Å². The molecule has 0 aliphatic rings. The van der Waals surface area contributed by atoms with Crippen LogP contribution in [0.25, 0.3) is 10.8 Å². The van der Waals surface area contributed by atoms with Gasteiger partial charge in [0.05, 0.1) is 6.04 Å². The molecule has 2 aromatic carbocycles. The molecule has 3 aromatic rings. The Balaban J connectivity index is 2.00. The highest BCUT2D eigenvalue weighted by Crippen LogP contribution is 2.27. The summed E-state index contributed by atoms with van der Waals surface area (Å²) in [6.07, 6.45) is 1.12. The summed E-state index contributed by atoms with van der Waals surface area (Å²) in [5, 5.41) is 9.47. The van der Waals surface area contributed by atoms with Crippen molar-refractivity contribution in [3.05, 3.63) is 64.1 Å². The van der Waals surface area contributed by atoms with Gasteiger partial charge in [0.2, 0.25) is 0 Å². The number of aromatic nitrogens is 1. The van der Waals surface area contributed by atoms with Crippen molar-refractivity contribution < 1.29 is 0 Å². The fourth-order valence-electron chi connectivity index (χ4n) is 2.53. The Morgan fingerprint density at radius 2 is 1.95 bits per heavy atom. The minimum absolute atomic E-state index is 0.188. The highest BCUT2D eigenvalue weighted by molar-refractivity contribution is 7.09. The standard InChI is InChI=1S/C18H20N2S/c1-3-10-19-17(18-20-13(2)12-21-18)16-9-8-14-6-4-5-7-15(14)11-16/h4-9,11-12,17,19H,3,10H2,1-2H3. The summed E-state index contributed by atoms with van der Waals surface area (Å²) < 4.78 is 0. The van der Waals surface area contributed by atoms with Gasteiger partial charge in [-0.2, -0.15) is 0 Å². The number of hydrogen-bond donors (Lipinski definition) is 1. The number of thiazole rings is 1. The number of aryl methyl sites for hydroxylation is 1. The van der Waals surface area contributed by atoms with E-state index in [-0.39, 0.29) is 6.04 Å². The minimum atomic E-state index is 0.188. The van der Waals surface area contributed by atoms with Crippen molar-refractivity contribution in [3.63, 3.8) is 0 Å². The third-order valence-corrected chi connectivity index (χ3v) is 4.62. The molecule has 0 bridgehead atoms. The number of benzene rings is 2. The van der Waals surface area contributed by atoms with Crippen molar-refractivity contribution >= 4 is 22.1 Å². The molecule has 0 spiro atoms. The van der Waals surface area contributed by atoms with E-state index in [0.717, 1.165) is 23.7 Å². The van der Waals surface area contributed by atoms with Crippen molar-refractivity contribution in [2.75, 3.05) is 6.54 Å². The van der Waals surface area contributed by atoms with E-state index < -0.39 is 0 Å². The molecule has 1 heterocycles. The average molecular weight is 296 g/mol. The third-order valence-electron chi connectivity index (χ3n) is 3.59. The minimum Gasteiger partial charge on any atom is -0.304 e. The van der Waals surface area contributed by atoms with E-state index in [1.807, 2.05) is 0 Å². The molecular formula is C18H20N2S. The molecule has 3 rings (SSSR count). The van der Waals surface area contributed by atoms with Gasteiger partial charge in [-0.1, -0.05) is 43.3 Å². The Labute approximate surface area is 129 Å². The first-order chi connectivity index (χ1) is 10.3. The quantitative estimate of drug-likeness (QED) is 0.738. The van der Waals surface area contributed by atoms with Gasteiger partial charge in [-0.3, -0.25) is 0 Å². The smallest absolute Gasteiger partial charge is 0.114 e. The maximum absolute atomic E-state index is 4.68. The van der Waals surface area contributed by atoms with Crippen LogP contribution in [0.5, 0.6) is 0 Å². The van der Waals surface area contributed by atoms with Gasteiger partial charge in [-0.25, -0.2) is 4.98 Å². The number of hydrogen-bond acceptors (Lipinski definition) is 3. The van der Waals surface area contributed by atoms with Crippen LogP contribution < -0.4 is 5.32 Å². The molecule has 1 unspecified atom stereocenters. The molecule has 0 saturated carbocycles. The maximum atomic E-state index is 4.68. The normalized spacial score (nSPS) is 12.7. The molecule has 0 aliphatic carbocycles. The predicted molar refractivity (Wildman–Crippen MR) is 90.9 cm³/mol. The number of nitrogens with zero attached hydrogens (tertiary/aromatic N) is 1. The van der Waals surface area contributed by atoms with Gasteiger partial charge in [0.1, 0.15) is 5.01 Å². The van der Waals surface area contributed by atoms with E-state index in [1.54, 1.807) is 11.3 Å². The molecule has 0 amide bonds. The lowest BCUT2D eigenvalue weighted by Gasteiger charge is -2.17. The van der Waals surface area contributed by atoms with Crippen molar-refractivity contribution in [3.8, 4) is 0 Å². The maximum Gasteiger partial charge on any atom is 0.114 e. The first-order valence-electron chi connectivity index (χ1n) is 7.42. The zero-order chi connectivity index (χ0) is 14.7. The number of fused-ring (bicyclic) bond motifs is 1. The van der Waals surface area contributed by atoms with E-state index in [4.69, 9.17) is 0 Å². The van der Waals surface area contributed by atoms with Crippen LogP contribution in [-0.2, 0) is 0 Å². The third kappa shape index (κ3) is 3.14. The Morgan fingerprint density at radius 3 is 2.67 bits per heavy atom. The van der Waals surface area contributed by atoms with Crippen LogP contribution in [0.15, 0.2) is 47.8 Å². The van der Waals surface area contributed by atoms with Crippen molar-refractivity contribution in [1.29, 1.82) is 0 Å². The van der Waals surface area contributed by atoms with Crippen molar-refractivity contribution in [2.24, 2.45) is 0 Å². The predicted octanol–water partition coefficient (Wildman–Crippen LogP) is 4.69. The molecule has 1 atom stereocenters. The Morgan fingerprint density at radius 1 is 1.14 bits per heavy atom. The van der Waals surface area contributed by atoms with Gasteiger partial charge in [0.25, 0.3) is 0 Å². The summed E-state index contributed by atoms with van der Waals surface area (Å²) in [6, 6.07) is 15.4. The molecule has 1 aromatic heterocycles. The summed E-state index contributed by atoms with van der Waals surface area (Å²) in [5.74, 6) is 0. The summed E-state index contributed by atoms with van der Waals surface area (Å²) in [7, 11) is 0. The van der Waals surface area contributed by atoms with Crippen molar-refractivity contribution in [2.45, 2.75) is 26.3 Å². The summed E-state index contributed by atoms with van der Waals surface area (Å²) in [6.45, 7) is 5.24. The van der Waals surface area contributed by atoms with Gasteiger partial charge >= 0.3 is 0 Å². The van der Waals surface area contributed by atoms with Crippen LogP contribution in [0.3, 0.4) is 0 Å². The average Bonchev–Trinajstić information content (AvgIpc) is 2.94. The van der Waals surface area contributed by atoms with Crippen LogP contribution in [0.4, 0.5) is 0 Å². The number of rotatable bonds is 5. The molecule has 0 radical (unpaired) electrons. The van der Waals surface area contributed by atoms with E-state index in [2.05, 4.69) is 72.0 Å². The fourth-order valence-corrected chi connectivity index (χ4v) is 3.42. The second kappa shape index (κ2) is 6.37. The lowest BCUT2D eigenvalue weighted by molar-refractivity contribution is 0.595. The second-order valence-electron chi connectivity index (χ2n) is 5.32. The summed E-state index contributed by atoms with van der Waals surface area (Å²) in [4.78, 5) is 4.68. The number of nitrogens with one attached hydrogen (secondary N) is 1. The monoisotopic (exact) mass is 296 g/mol. The Bertz CT molecular complexity index is 733. The summed E-state index contributed by atoms with van der Waals surface area (Å²) >= 11 is 1.73. The van der Waals surface area contributed by atoms with E-state index in [9.17, 15) is 0 Å². The van der Waals surface area contributed by atoms with Crippen molar-refractivity contribution in [1.82, 2.24) is 10.3 Å². The summed E-state index contributed by atoms with van der Waals surface area (Å²) in [5.41, 5.74) is 2.38. The lowest BCUT2D eigenvalue weighted by atomic mass is 10.0. The lowest BCUT2D eigenvalue weighted by Crippen LogP contribution is -2.23. The zero-order valence-corrected chi connectivity index (χ0v) is 13.3. The SMILES string of the molecule is CCCNC(c1ccc2ccccc2c1)c1nc(C)cs1. The molecule has 0 fully saturated rings. The molecule has 21 heavy (non-hydrogen) atoms. The van der Waals surface area contributed by atoms with Crippen LogP contribution in [0.1, 0.15) is 35.7 Å². The largest absolute Gasteiger partial charge is 0.304 e. The van der Waals surface area contributed by atoms with Crippen LogP contribution in [0, 0.1) is 6.92 Å². The molecular weight excluding hydrogens is 276 g/mol. The second-order valence-corrected chi connectivity index (χ2v) is 6.21. The molecule has 3 heteroatoms. The van der Waals surface area contributed by atoms with Crippen LogP contribution in [-0.4, -0.2) is 11.5 Å². The first-order valence-corrected chi connectivity index (χ1v) is 8.30. The molecule has 108 valence electrons. The van der Waals surface area contributed by atoms with E-state index >= 15 is 0 Å². The highest BCUT2D eigenvalue weighted by Gasteiger charge is 2.16. The fraction of sp³-hybridized carbons (Fsp3) is 0.278. The molecule has 0 saturated heterocycles. The van der Waals surface area contributed by atoms with Crippen LogP contribution in [0.2, 0.25) is 0 Å². The van der Waals surface area contributed by atoms with Gasteiger partial charge in [0.15, 0.2) is 0 Å².